The largest absolute Gasteiger partial charge is 0.354 e. The minimum atomic E-state index is 1.14. The molecule has 0 atom stereocenters. The highest BCUT2D eigenvalue weighted by atomic mass is 15.1. The van der Waals surface area contributed by atoms with Gasteiger partial charge in [0.25, 0.3) is 0 Å². The number of aromatic amines is 1. The van der Waals surface area contributed by atoms with Crippen LogP contribution in [-0.4, -0.2) is 4.98 Å². The lowest BCUT2D eigenvalue weighted by molar-refractivity contribution is 1.29. The Morgan fingerprint density at radius 2 is 1.06 bits per heavy atom. The monoisotopic (exact) mass is 434 g/mol. The molecule has 0 saturated carbocycles. The molecule has 0 radical (unpaired) electrons. The number of H-pyrrole nitrogens is 1. The van der Waals surface area contributed by atoms with Crippen LogP contribution in [0.2, 0.25) is 0 Å². The molecular weight excluding hydrogens is 412 g/mol. The van der Waals surface area contributed by atoms with E-state index in [2.05, 4.69) is 137 Å². The van der Waals surface area contributed by atoms with Gasteiger partial charge in [-0.2, -0.15) is 0 Å². The molecule has 0 amide bonds. The Hall–Kier alpha value is -4.56. The van der Waals surface area contributed by atoms with Crippen LogP contribution >= 0.6 is 0 Å². The second-order valence-corrected chi connectivity index (χ2v) is 8.77. The highest BCUT2D eigenvalue weighted by molar-refractivity contribution is 6.20. The van der Waals surface area contributed by atoms with Gasteiger partial charge in [-0.05, 0) is 70.1 Å². The molecule has 7 aromatic rings. The van der Waals surface area contributed by atoms with Crippen LogP contribution in [0.5, 0.6) is 0 Å². The van der Waals surface area contributed by atoms with Crippen LogP contribution in [0.25, 0.3) is 43.4 Å². The molecule has 0 aliphatic rings. The van der Waals surface area contributed by atoms with Crippen LogP contribution in [-0.2, 0) is 0 Å². The van der Waals surface area contributed by atoms with Gasteiger partial charge in [0.1, 0.15) is 0 Å². The summed E-state index contributed by atoms with van der Waals surface area (Å²) in [5, 5.41) is 7.54. The molecule has 0 saturated heterocycles. The topological polar surface area (TPSA) is 19.0 Å². The molecule has 0 fully saturated rings. The molecule has 0 unspecified atom stereocenters. The maximum absolute atomic E-state index is 3.62. The van der Waals surface area contributed by atoms with E-state index < -0.39 is 0 Å². The number of fused-ring (bicyclic) bond motifs is 6. The molecule has 6 aromatic carbocycles. The molecule has 0 spiro atoms. The highest BCUT2D eigenvalue weighted by Gasteiger charge is 2.15. The predicted molar refractivity (Wildman–Crippen MR) is 145 cm³/mol. The number of benzene rings is 6. The first-order chi connectivity index (χ1) is 16.8. The first kappa shape index (κ1) is 19.0. The van der Waals surface area contributed by atoms with Crippen LogP contribution in [0.4, 0.5) is 17.1 Å². The standard InChI is InChI=1S/C32H22N2/c1-2-11-25(12-3-1)34(26-16-14-22-8-4-5-10-24(22)20-26)27-17-19-30-29(21-27)32-28-13-7-6-9-23(28)15-18-31(32)33-30/h1-21,33H. The van der Waals surface area contributed by atoms with E-state index in [9.17, 15) is 0 Å². The van der Waals surface area contributed by atoms with E-state index in [0.717, 1.165) is 22.6 Å². The normalized spacial score (nSPS) is 11.5. The fourth-order valence-corrected chi connectivity index (χ4v) is 5.14. The number of nitrogens with zero attached hydrogens (tertiary/aromatic N) is 1. The zero-order chi connectivity index (χ0) is 22.5. The van der Waals surface area contributed by atoms with E-state index in [1.807, 2.05) is 0 Å². The lowest BCUT2D eigenvalue weighted by atomic mass is 10.0. The van der Waals surface area contributed by atoms with E-state index >= 15 is 0 Å². The van der Waals surface area contributed by atoms with Gasteiger partial charge in [0, 0.05) is 38.9 Å². The zero-order valence-electron chi connectivity index (χ0n) is 18.6. The molecule has 7 rings (SSSR count). The molecule has 1 N–H and O–H groups in total. The summed E-state index contributed by atoms with van der Waals surface area (Å²) in [7, 11) is 0. The Labute approximate surface area is 197 Å². The van der Waals surface area contributed by atoms with E-state index in [-0.39, 0.29) is 0 Å². The molecule has 1 heterocycles. The summed E-state index contributed by atoms with van der Waals surface area (Å²) in [4.78, 5) is 5.96. The lowest BCUT2D eigenvalue weighted by Gasteiger charge is -2.26. The number of hydrogen-bond acceptors (Lipinski definition) is 1. The fourth-order valence-electron chi connectivity index (χ4n) is 5.14. The summed E-state index contributed by atoms with van der Waals surface area (Å²) < 4.78 is 0. The van der Waals surface area contributed by atoms with E-state index in [4.69, 9.17) is 0 Å². The van der Waals surface area contributed by atoms with Gasteiger partial charge < -0.3 is 9.88 Å². The Kier molecular flexibility index (Phi) is 4.18. The van der Waals surface area contributed by atoms with Gasteiger partial charge in [0.2, 0.25) is 0 Å². The van der Waals surface area contributed by atoms with Gasteiger partial charge in [-0.25, -0.2) is 0 Å². The van der Waals surface area contributed by atoms with Crippen molar-refractivity contribution >= 4 is 60.4 Å². The SMILES string of the molecule is c1ccc(N(c2ccc3ccccc3c2)c2ccc3[nH]c4ccc5ccccc5c4c3c2)cc1. The number of anilines is 3. The van der Waals surface area contributed by atoms with Crippen molar-refractivity contribution in [3.8, 4) is 0 Å². The molecule has 2 heteroatoms. The van der Waals surface area contributed by atoms with Crippen molar-refractivity contribution in [2.45, 2.75) is 0 Å². The smallest absolute Gasteiger partial charge is 0.0471 e. The van der Waals surface area contributed by atoms with Crippen molar-refractivity contribution in [3.05, 3.63) is 127 Å². The van der Waals surface area contributed by atoms with Gasteiger partial charge in [0.05, 0.1) is 0 Å². The van der Waals surface area contributed by atoms with Crippen LogP contribution < -0.4 is 4.90 Å². The third-order valence-corrected chi connectivity index (χ3v) is 6.73. The summed E-state index contributed by atoms with van der Waals surface area (Å²) >= 11 is 0. The van der Waals surface area contributed by atoms with Crippen molar-refractivity contribution in [1.82, 2.24) is 4.98 Å². The maximum Gasteiger partial charge on any atom is 0.0471 e. The molecule has 34 heavy (non-hydrogen) atoms. The summed E-state index contributed by atoms with van der Waals surface area (Å²) in [6, 6.07) is 45.6. The minimum absolute atomic E-state index is 1.14. The average Bonchev–Trinajstić information content (AvgIpc) is 3.28. The molecular formula is C32H22N2. The first-order valence-corrected chi connectivity index (χ1v) is 11.6. The fraction of sp³-hybridized carbons (Fsp3) is 0. The van der Waals surface area contributed by atoms with E-state index in [0.29, 0.717) is 0 Å². The summed E-state index contributed by atoms with van der Waals surface area (Å²) in [6.45, 7) is 0. The third-order valence-electron chi connectivity index (χ3n) is 6.73. The number of nitrogens with one attached hydrogen (secondary N) is 1. The third kappa shape index (κ3) is 2.96. The molecule has 0 aliphatic heterocycles. The average molecular weight is 435 g/mol. The molecule has 0 bridgehead atoms. The Morgan fingerprint density at radius 3 is 1.94 bits per heavy atom. The Bertz CT molecular complexity index is 1810. The van der Waals surface area contributed by atoms with Crippen molar-refractivity contribution < 1.29 is 0 Å². The number of hydrogen-bond donors (Lipinski definition) is 1. The first-order valence-electron chi connectivity index (χ1n) is 11.6. The van der Waals surface area contributed by atoms with E-state index in [1.54, 1.807) is 0 Å². The van der Waals surface area contributed by atoms with Gasteiger partial charge in [-0.1, -0.05) is 78.9 Å². The van der Waals surface area contributed by atoms with Gasteiger partial charge >= 0.3 is 0 Å². The number of para-hydroxylation sites is 1. The van der Waals surface area contributed by atoms with Crippen molar-refractivity contribution in [1.29, 1.82) is 0 Å². The van der Waals surface area contributed by atoms with Crippen LogP contribution in [0.3, 0.4) is 0 Å². The van der Waals surface area contributed by atoms with Gasteiger partial charge in [0.15, 0.2) is 0 Å². The van der Waals surface area contributed by atoms with Gasteiger partial charge in [-0.3, -0.25) is 0 Å². The maximum atomic E-state index is 3.62. The van der Waals surface area contributed by atoms with Crippen molar-refractivity contribution in [3.63, 3.8) is 0 Å². The zero-order valence-corrected chi connectivity index (χ0v) is 18.6. The van der Waals surface area contributed by atoms with Gasteiger partial charge in [-0.15, -0.1) is 0 Å². The van der Waals surface area contributed by atoms with Crippen molar-refractivity contribution in [2.75, 3.05) is 4.90 Å². The van der Waals surface area contributed by atoms with Crippen LogP contribution in [0.15, 0.2) is 127 Å². The summed E-state index contributed by atoms with van der Waals surface area (Å²) in [6.07, 6.45) is 0. The summed E-state index contributed by atoms with van der Waals surface area (Å²) in [5.74, 6) is 0. The van der Waals surface area contributed by atoms with E-state index in [1.165, 1.54) is 37.8 Å². The van der Waals surface area contributed by atoms with Crippen molar-refractivity contribution in [2.24, 2.45) is 0 Å². The Balaban J connectivity index is 1.50. The number of aromatic nitrogens is 1. The van der Waals surface area contributed by atoms with Crippen LogP contribution in [0.1, 0.15) is 0 Å². The second-order valence-electron chi connectivity index (χ2n) is 8.77. The lowest BCUT2D eigenvalue weighted by Crippen LogP contribution is -2.09. The number of rotatable bonds is 3. The molecule has 2 nitrogen and oxygen atoms in total. The predicted octanol–water partition coefficient (Wildman–Crippen LogP) is 9.10. The molecule has 1 aromatic heterocycles. The quantitative estimate of drug-likeness (QED) is 0.294. The molecule has 160 valence electrons. The van der Waals surface area contributed by atoms with Crippen LogP contribution in [0, 0.1) is 0 Å². The highest BCUT2D eigenvalue weighted by Crippen LogP contribution is 2.39. The second kappa shape index (κ2) is 7.50. The Morgan fingerprint density at radius 1 is 0.412 bits per heavy atom. The minimum Gasteiger partial charge on any atom is -0.354 e. The molecule has 0 aliphatic carbocycles. The summed E-state index contributed by atoms with van der Waals surface area (Å²) in [5.41, 5.74) is 5.75.